The number of amides is 1. The highest BCUT2D eigenvalue weighted by atomic mass is 19.3. The van der Waals surface area contributed by atoms with Crippen LogP contribution in [-0.2, 0) is 9.53 Å². The molecule has 0 aromatic heterocycles. The predicted octanol–water partition coefficient (Wildman–Crippen LogP) is 2.71. The van der Waals surface area contributed by atoms with Crippen LogP contribution in [0.25, 0.3) is 0 Å². The topological polar surface area (TPSA) is 117 Å². The molecule has 140 valence electrons. The molecule has 2 aromatic carbocycles. The minimum absolute atomic E-state index is 0.0266. The summed E-state index contributed by atoms with van der Waals surface area (Å²) in [6.07, 6.45) is -3.77. The van der Waals surface area contributed by atoms with Crippen molar-refractivity contribution in [2.75, 3.05) is 11.9 Å². The van der Waals surface area contributed by atoms with Gasteiger partial charge in [0.1, 0.15) is 0 Å². The van der Waals surface area contributed by atoms with E-state index in [1.165, 1.54) is 24.3 Å². The maximum atomic E-state index is 12.9. The molecule has 1 aliphatic heterocycles. The fourth-order valence-electron chi connectivity index (χ4n) is 2.16. The van der Waals surface area contributed by atoms with E-state index in [1.807, 2.05) is 0 Å². The van der Waals surface area contributed by atoms with Crippen molar-refractivity contribution in [2.45, 2.75) is 6.29 Å². The Bertz CT molecular complexity index is 915. The molecule has 0 saturated heterocycles. The number of nitrogens with one attached hydrogen (secondary N) is 1. The number of halogens is 2. The summed E-state index contributed by atoms with van der Waals surface area (Å²) in [6.45, 7) is -0.652. The summed E-state index contributed by atoms with van der Waals surface area (Å²) in [5.74, 6) is -2.01. The van der Waals surface area contributed by atoms with Crippen molar-refractivity contribution in [3.8, 4) is 11.5 Å². The predicted molar refractivity (Wildman–Crippen MR) is 84.7 cm³/mol. The number of nitro benzene ring substituents is 1. The van der Waals surface area contributed by atoms with Crippen molar-refractivity contribution in [1.29, 1.82) is 0 Å². The van der Waals surface area contributed by atoms with Crippen molar-refractivity contribution in [1.82, 2.24) is 0 Å². The molecule has 27 heavy (non-hydrogen) atoms. The molecule has 1 heterocycles. The molecular weight excluding hydrogens is 370 g/mol. The molecule has 3 rings (SSSR count). The van der Waals surface area contributed by atoms with E-state index in [4.69, 9.17) is 4.74 Å². The van der Waals surface area contributed by atoms with Crippen LogP contribution in [0.3, 0.4) is 0 Å². The van der Waals surface area contributed by atoms with E-state index in [9.17, 15) is 28.5 Å². The van der Waals surface area contributed by atoms with Gasteiger partial charge in [-0.05, 0) is 24.3 Å². The third-order valence-electron chi connectivity index (χ3n) is 3.33. The second-order valence-electron chi connectivity index (χ2n) is 5.26. The van der Waals surface area contributed by atoms with Crippen molar-refractivity contribution >= 4 is 23.3 Å². The van der Waals surface area contributed by atoms with Gasteiger partial charge in [0, 0.05) is 23.9 Å². The van der Waals surface area contributed by atoms with Crippen LogP contribution in [0.1, 0.15) is 10.4 Å². The largest absolute Gasteiger partial charge is 0.586 e. The van der Waals surface area contributed by atoms with Crippen LogP contribution >= 0.6 is 0 Å². The van der Waals surface area contributed by atoms with Crippen LogP contribution in [0.4, 0.5) is 20.2 Å². The van der Waals surface area contributed by atoms with E-state index in [1.54, 1.807) is 0 Å². The number of ether oxygens (including phenoxy) is 3. The lowest BCUT2D eigenvalue weighted by molar-refractivity contribution is -0.384. The van der Waals surface area contributed by atoms with Crippen LogP contribution in [0.5, 0.6) is 11.5 Å². The number of anilines is 1. The average Bonchev–Trinajstić information content (AvgIpc) is 2.92. The van der Waals surface area contributed by atoms with Gasteiger partial charge in [-0.2, -0.15) is 0 Å². The van der Waals surface area contributed by atoms with Crippen LogP contribution in [-0.4, -0.2) is 29.7 Å². The van der Waals surface area contributed by atoms with Crippen LogP contribution in [0, 0.1) is 10.1 Å². The summed E-state index contributed by atoms with van der Waals surface area (Å²) in [5.41, 5.74) is -0.0391. The van der Waals surface area contributed by atoms with Gasteiger partial charge in [-0.25, -0.2) is 4.79 Å². The smallest absolute Gasteiger partial charge is 0.452 e. The van der Waals surface area contributed by atoms with E-state index >= 15 is 0 Å². The number of benzene rings is 2. The van der Waals surface area contributed by atoms with Crippen molar-refractivity contribution in [3.63, 3.8) is 0 Å². The van der Waals surface area contributed by atoms with E-state index in [-0.39, 0.29) is 28.4 Å². The van der Waals surface area contributed by atoms with Crippen molar-refractivity contribution in [2.24, 2.45) is 0 Å². The Labute approximate surface area is 149 Å². The summed E-state index contributed by atoms with van der Waals surface area (Å²) in [5, 5.41) is 12.9. The molecule has 1 amide bonds. The second kappa shape index (κ2) is 6.86. The molecule has 0 aliphatic carbocycles. The molecule has 2 aromatic rings. The lowest BCUT2D eigenvalue weighted by Gasteiger charge is -2.07. The monoisotopic (exact) mass is 380 g/mol. The molecule has 0 bridgehead atoms. The summed E-state index contributed by atoms with van der Waals surface area (Å²) >= 11 is 0. The fourth-order valence-corrected chi connectivity index (χ4v) is 2.16. The first-order valence-corrected chi connectivity index (χ1v) is 7.35. The Balaban J connectivity index is 1.54. The Kier molecular flexibility index (Phi) is 4.59. The molecule has 0 spiro atoms. The summed E-state index contributed by atoms with van der Waals surface area (Å²) in [6, 6.07) is 8.26. The number of hydrogen-bond donors (Lipinski definition) is 1. The number of rotatable bonds is 5. The van der Waals surface area contributed by atoms with Crippen LogP contribution in [0.2, 0.25) is 0 Å². The molecule has 11 heteroatoms. The lowest BCUT2D eigenvalue weighted by Crippen LogP contribution is -2.25. The number of nitrogens with zero attached hydrogens (tertiary/aromatic N) is 1. The number of fused-ring (bicyclic) bond motifs is 1. The Morgan fingerprint density at radius 3 is 2.44 bits per heavy atom. The zero-order chi connectivity index (χ0) is 19.6. The van der Waals surface area contributed by atoms with E-state index in [0.717, 1.165) is 18.2 Å². The molecule has 0 saturated carbocycles. The molecular formula is C16H10F2N2O7. The van der Waals surface area contributed by atoms with Crippen LogP contribution < -0.4 is 14.8 Å². The summed E-state index contributed by atoms with van der Waals surface area (Å²) in [7, 11) is 0. The second-order valence-corrected chi connectivity index (χ2v) is 5.26. The highest BCUT2D eigenvalue weighted by Gasteiger charge is 2.43. The number of non-ortho nitro benzene ring substituents is 1. The first-order chi connectivity index (χ1) is 12.7. The lowest BCUT2D eigenvalue weighted by atomic mass is 10.2. The van der Waals surface area contributed by atoms with E-state index in [0.29, 0.717) is 0 Å². The van der Waals surface area contributed by atoms with Gasteiger partial charge < -0.3 is 19.5 Å². The van der Waals surface area contributed by atoms with E-state index < -0.39 is 29.7 Å². The zero-order valence-corrected chi connectivity index (χ0v) is 13.3. The third-order valence-corrected chi connectivity index (χ3v) is 3.33. The highest BCUT2D eigenvalue weighted by molar-refractivity contribution is 5.95. The molecule has 1 aliphatic rings. The van der Waals surface area contributed by atoms with Gasteiger partial charge in [0.25, 0.3) is 11.6 Å². The minimum atomic E-state index is -3.77. The minimum Gasteiger partial charge on any atom is -0.452 e. The Hall–Kier alpha value is -3.76. The van der Waals surface area contributed by atoms with Gasteiger partial charge in [-0.15, -0.1) is 8.78 Å². The number of hydrogen-bond acceptors (Lipinski definition) is 7. The zero-order valence-electron chi connectivity index (χ0n) is 13.3. The molecule has 9 nitrogen and oxygen atoms in total. The number of nitro groups is 1. The maximum Gasteiger partial charge on any atom is 0.586 e. The highest BCUT2D eigenvalue weighted by Crippen LogP contribution is 2.42. The average molecular weight is 380 g/mol. The molecule has 0 fully saturated rings. The third kappa shape index (κ3) is 4.26. The normalized spacial score (nSPS) is 13.7. The number of alkyl halides is 2. The first-order valence-electron chi connectivity index (χ1n) is 7.35. The molecule has 1 N–H and O–H groups in total. The van der Waals surface area contributed by atoms with Gasteiger partial charge in [-0.3, -0.25) is 14.9 Å². The number of esters is 1. The Morgan fingerprint density at radius 1 is 1.11 bits per heavy atom. The first kappa shape index (κ1) is 18.0. The van der Waals surface area contributed by atoms with Gasteiger partial charge in [0.2, 0.25) is 0 Å². The quantitative estimate of drug-likeness (QED) is 0.481. The maximum absolute atomic E-state index is 12.9. The Morgan fingerprint density at radius 2 is 1.78 bits per heavy atom. The number of carbonyl (C=O) groups excluding carboxylic acids is 2. The molecule has 0 radical (unpaired) electrons. The number of carbonyl (C=O) groups is 2. The van der Waals surface area contributed by atoms with Crippen LogP contribution in [0.15, 0.2) is 42.5 Å². The van der Waals surface area contributed by atoms with Gasteiger partial charge in [0.15, 0.2) is 18.1 Å². The van der Waals surface area contributed by atoms with Gasteiger partial charge in [0.05, 0.1) is 10.5 Å². The van der Waals surface area contributed by atoms with Gasteiger partial charge >= 0.3 is 12.3 Å². The van der Waals surface area contributed by atoms with Crippen molar-refractivity contribution in [3.05, 3.63) is 58.1 Å². The van der Waals surface area contributed by atoms with Crippen molar-refractivity contribution < 1.29 is 37.5 Å². The SMILES string of the molecule is O=C(COC(=O)c1ccc([N+](=O)[O-])cc1)Nc1ccc2c(c1)OC(F)(F)O2. The standard InChI is InChI=1S/C16H10F2N2O7/c17-16(18)26-12-6-3-10(7-13(12)27-16)19-14(21)8-25-15(22)9-1-4-11(5-2-9)20(23)24/h1-7H,8H2,(H,19,21). The fraction of sp³-hybridized carbons (Fsp3) is 0.125. The summed E-state index contributed by atoms with van der Waals surface area (Å²) < 4.78 is 39.2. The summed E-state index contributed by atoms with van der Waals surface area (Å²) in [4.78, 5) is 33.6. The van der Waals surface area contributed by atoms with E-state index in [2.05, 4.69) is 14.8 Å². The van der Waals surface area contributed by atoms with Gasteiger partial charge in [-0.1, -0.05) is 0 Å². The molecule has 0 atom stereocenters. The molecule has 0 unspecified atom stereocenters.